The van der Waals surface area contributed by atoms with E-state index in [1.807, 2.05) is 0 Å². The van der Waals surface area contributed by atoms with Crippen molar-refractivity contribution in [3.8, 4) is 0 Å². The first-order valence-corrected chi connectivity index (χ1v) is 5.64. The lowest BCUT2D eigenvalue weighted by atomic mass is 9.79. The molecule has 0 radical (unpaired) electrons. The highest BCUT2D eigenvalue weighted by Gasteiger charge is 2.31. The first-order valence-electron chi connectivity index (χ1n) is 4.85. The molecule has 0 amide bonds. The molecule has 0 aromatic carbocycles. The molecule has 0 aliphatic heterocycles. The highest BCUT2D eigenvalue weighted by Crippen LogP contribution is 2.42. The van der Waals surface area contributed by atoms with Gasteiger partial charge in [0.05, 0.1) is 0 Å². The van der Waals surface area contributed by atoms with E-state index in [-0.39, 0.29) is 0 Å². The van der Waals surface area contributed by atoms with Gasteiger partial charge in [-0.1, -0.05) is 41.3 Å². The van der Waals surface area contributed by atoms with Gasteiger partial charge in [0.25, 0.3) is 0 Å². The molecule has 0 aromatic rings. The second-order valence-electron chi connectivity index (χ2n) is 4.49. The van der Waals surface area contributed by atoms with Gasteiger partial charge in [-0.25, -0.2) is 0 Å². The third kappa shape index (κ3) is 2.93. The van der Waals surface area contributed by atoms with Crippen LogP contribution in [-0.4, -0.2) is 4.32 Å². The molecule has 0 heterocycles. The Morgan fingerprint density at radius 1 is 1.67 bits per heavy atom. The van der Waals surface area contributed by atoms with Gasteiger partial charge in [0.15, 0.2) is 0 Å². The van der Waals surface area contributed by atoms with Crippen LogP contribution in [0.2, 0.25) is 0 Å². The molecule has 0 N–H and O–H groups in total. The van der Waals surface area contributed by atoms with Crippen LogP contribution >= 0.6 is 15.9 Å². The van der Waals surface area contributed by atoms with Crippen LogP contribution in [0.25, 0.3) is 0 Å². The highest BCUT2D eigenvalue weighted by molar-refractivity contribution is 9.10. The van der Waals surface area contributed by atoms with Gasteiger partial charge < -0.3 is 0 Å². The quantitative estimate of drug-likeness (QED) is 0.491. The Hall–Kier alpha value is 0.220. The molecular weight excluding hydrogens is 212 g/mol. The van der Waals surface area contributed by atoms with Gasteiger partial charge in [-0.05, 0) is 32.1 Å². The fourth-order valence-electron chi connectivity index (χ4n) is 2.30. The van der Waals surface area contributed by atoms with E-state index in [1.54, 1.807) is 0 Å². The Balaban J connectivity index is 2.51. The Kier molecular flexibility index (Phi) is 3.39. The van der Waals surface area contributed by atoms with Gasteiger partial charge in [-0.15, -0.1) is 6.58 Å². The second kappa shape index (κ2) is 3.95. The summed E-state index contributed by atoms with van der Waals surface area (Å²) in [5, 5.41) is 0. The van der Waals surface area contributed by atoms with Crippen LogP contribution in [0, 0.1) is 5.92 Å². The van der Waals surface area contributed by atoms with Crippen molar-refractivity contribution in [2.75, 3.05) is 0 Å². The molecule has 0 nitrogen and oxygen atoms in total. The minimum Gasteiger partial charge on any atom is -0.100 e. The summed E-state index contributed by atoms with van der Waals surface area (Å²) < 4.78 is 0.385. The number of halogens is 1. The lowest BCUT2D eigenvalue weighted by molar-refractivity contribution is 0.317. The van der Waals surface area contributed by atoms with Crippen molar-refractivity contribution in [2.45, 2.75) is 50.3 Å². The van der Waals surface area contributed by atoms with E-state index in [0.29, 0.717) is 4.32 Å². The minimum atomic E-state index is 0.385. The normalized spacial score (nSPS) is 36.4. The lowest BCUT2D eigenvalue weighted by Crippen LogP contribution is -2.28. The summed E-state index contributed by atoms with van der Waals surface area (Å²) in [7, 11) is 0. The van der Waals surface area contributed by atoms with Gasteiger partial charge >= 0.3 is 0 Å². The van der Waals surface area contributed by atoms with Crippen molar-refractivity contribution >= 4 is 15.9 Å². The van der Waals surface area contributed by atoms with Crippen LogP contribution in [0.4, 0.5) is 0 Å². The van der Waals surface area contributed by atoms with Crippen LogP contribution in [0.1, 0.15) is 46.0 Å². The predicted octanol–water partition coefficient (Wildman–Crippen LogP) is 4.30. The van der Waals surface area contributed by atoms with Gasteiger partial charge in [0, 0.05) is 4.32 Å². The van der Waals surface area contributed by atoms with Crippen molar-refractivity contribution in [3.63, 3.8) is 0 Å². The smallest absolute Gasteiger partial charge is 0.0297 e. The maximum atomic E-state index is 3.99. The Morgan fingerprint density at radius 3 is 2.83 bits per heavy atom. The first-order chi connectivity index (χ1) is 5.52. The zero-order valence-corrected chi connectivity index (χ0v) is 9.78. The van der Waals surface area contributed by atoms with E-state index in [0.717, 1.165) is 12.3 Å². The summed E-state index contributed by atoms with van der Waals surface area (Å²) in [4.78, 5) is 0. The van der Waals surface area contributed by atoms with Crippen molar-refractivity contribution in [3.05, 3.63) is 12.2 Å². The van der Waals surface area contributed by atoms with Gasteiger partial charge in [0.1, 0.15) is 0 Å². The van der Waals surface area contributed by atoms with Gasteiger partial charge in [0.2, 0.25) is 0 Å². The average Bonchev–Trinajstić information content (AvgIpc) is 1.82. The van der Waals surface area contributed by atoms with Gasteiger partial charge in [-0.3, -0.25) is 0 Å². The molecule has 0 spiro atoms. The van der Waals surface area contributed by atoms with E-state index in [1.165, 1.54) is 31.3 Å². The number of hydrogen-bond donors (Lipinski definition) is 0. The number of hydrogen-bond acceptors (Lipinski definition) is 0. The molecule has 1 rings (SSSR count). The molecule has 2 unspecified atom stereocenters. The topological polar surface area (TPSA) is 0 Å². The molecule has 1 aliphatic carbocycles. The van der Waals surface area contributed by atoms with E-state index >= 15 is 0 Å². The van der Waals surface area contributed by atoms with E-state index in [9.17, 15) is 0 Å². The summed E-state index contributed by atoms with van der Waals surface area (Å²) in [6, 6.07) is 0. The third-order valence-corrected chi connectivity index (χ3v) is 3.66. The maximum Gasteiger partial charge on any atom is 0.0297 e. The van der Waals surface area contributed by atoms with Gasteiger partial charge in [-0.2, -0.15) is 0 Å². The number of alkyl halides is 1. The summed E-state index contributed by atoms with van der Waals surface area (Å²) in [5.41, 5.74) is 1.31. The minimum absolute atomic E-state index is 0.385. The second-order valence-corrected chi connectivity index (χ2v) is 6.17. The highest BCUT2D eigenvalue weighted by atomic mass is 79.9. The fraction of sp³-hybridized carbons (Fsp3) is 0.818. The Bertz CT molecular complexity index is 174. The van der Waals surface area contributed by atoms with Crippen molar-refractivity contribution < 1.29 is 0 Å². The molecule has 1 aliphatic rings. The Morgan fingerprint density at radius 2 is 2.33 bits per heavy atom. The monoisotopic (exact) mass is 230 g/mol. The summed E-state index contributed by atoms with van der Waals surface area (Å²) in [6.07, 6.45) is 6.57. The van der Waals surface area contributed by atoms with Crippen molar-refractivity contribution in [1.82, 2.24) is 0 Å². The molecule has 0 saturated heterocycles. The molecule has 1 fully saturated rings. The van der Waals surface area contributed by atoms with Crippen LogP contribution in [0.5, 0.6) is 0 Å². The molecule has 1 saturated carbocycles. The first kappa shape index (κ1) is 10.3. The van der Waals surface area contributed by atoms with E-state index in [4.69, 9.17) is 0 Å². The number of allylic oxidation sites excluding steroid dienone is 1. The van der Waals surface area contributed by atoms with Crippen molar-refractivity contribution in [1.29, 1.82) is 0 Å². The molecule has 0 bridgehead atoms. The third-order valence-electron chi connectivity index (χ3n) is 2.65. The van der Waals surface area contributed by atoms with Crippen molar-refractivity contribution in [2.24, 2.45) is 5.92 Å². The maximum absolute atomic E-state index is 3.99. The average molecular weight is 231 g/mol. The molecule has 0 aromatic heterocycles. The standard InChI is InChI=1S/C11H19Br/c1-9(2)7-11(12)6-4-5-10(3)8-11/h10H,1,4-8H2,2-3H3. The molecule has 2 atom stereocenters. The largest absolute Gasteiger partial charge is 0.100 e. The van der Waals surface area contributed by atoms with Crippen LogP contribution in [0.15, 0.2) is 12.2 Å². The summed E-state index contributed by atoms with van der Waals surface area (Å²) in [6.45, 7) is 8.47. The van der Waals surface area contributed by atoms with E-state index < -0.39 is 0 Å². The molecule has 12 heavy (non-hydrogen) atoms. The van der Waals surface area contributed by atoms with Crippen LogP contribution in [0.3, 0.4) is 0 Å². The zero-order chi connectivity index (χ0) is 9.19. The number of rotatable bonds is 2. The SMILES string of the molecule is C=C(C)CC1(Br)CCCC(C)C1. The van der Waals surface area contributed by atoms with Crippen LogP contribution < -0.4 is 0 Å². The fourth-order valence-corrected chi connectivity index (χ4v) is 3.61. The molecular formula is C11H19Br. The predicted molar refractivity (Wildman–Crippen MR) is 58.7 cm³/mol. The van der Waals surface area contributed by atoms with Crippen LogP contribution in [-0.2, 0) is 0 Å². The van der Waals surface area contributed by atoms with E-state index in [2.05, 4.69) is 36.4 Å². The zero-order valence-electron chi connectivity index (χ0n) is 8.20. The lowest BCUT2D eigenvalue weighted by Gasteiger charge is -2.35. The summed E-state index contributed by atoms with van der Waals surface area (Å²) in [5.74, 6) is 0.887. The summed E-state index contributed by atoms with van der Waals surface area (Å²) >= 11 is 3.88. The molecule has 70 valence electrons. The molecule has 1 heteroatoms. The Labute approximate surface area is 84.6 Å².